The number of rotatable bonds is 6. The molecule has 11 heteroatoms. The third-order valence-corrected chi connectivity index (χ3v) is 4.92. The van der Waals surface area contributed by atoms with E-state index >= 15 is 0 Å². The van der Waals surface area contributed by atoms with Crippen LogP contribution in [0.25, 0.3) is 0 Å². The molecule has 1 saturated heterocycles. The van der Waals surface area contributed by atoms with Gasteiger partial charge in [-0.2, -0.15) is 4.98 Å². The van der Waals surface area contributed by atoms with Crippen LogP contribution in [-0.4, -0.2) is 48.5 Å². The van der Waals surface area contributed by atoms with Gasteiger partial charge in [-0.25, -0.2) is 4.98 Å². The molecule has 4 rings (SSSR count). The smallest absolute Gasteiger partial charge is 0.406 e. The van der Waals surface area contributed by atoms with E-state index in [0.29, 0.717) is 24.8 Å². The van der Waals surface area contributed by atoms with Crippen LogP contribution in [0.3, 0.4) is 0 Å². The van der Waals surface area contributed by atoms with Gasteiger partial charge < -0.3 is 25.0 Å². The van der Waals surface area contributed by atoms with Crippen LogP contribution in [0.2, 0.25) is 0 Å². The van der Waals surface area contributed by atoms with E-state index in [1.807, 2.05) is 13.0 Å². The molecular weight excluding hydrogens is 451 g/mol. The molecule has 1 fully saturated rings. The summed E-state index contributed by atoms with van der Waals surface area (Å²) in [7, 11) is 0. The van der Waals surface area contributed by atoms with E-state index in [2.05, 4.69) is 30.2 Å². The number of halogens is 3. The van der Waals surface area contributed by atoms with Gasteiger partial charge in [-0.15, -0.1) is 13.2 Å². The van der Waals surface area contributed by atoms with E-state index in [1.165, 1.54) is 12.1 Å². The third kappa shape index (κ3) is 6.35. The molecule has 3 aromatic rings. The van der Waals surface area contributed by atoms with Crippen molar-refractivity contribution in [1.82, 2.24) is 9.97 Å². The topological polar surface area (TPSA) is 88.6 Å². The normalized spacial score (nSPS) is 13.9. The van der Waals surface area contributed by atoms with Crippen LogP contribution in [0.4, 0.5) is 36.3 Å². The molecule has 8 nitrogen and oxygen atoms in total. The molecule has 1 aromatic heterocycles. The zero-order chi connectivity index (χ0) is 24.1. The summed E-state index contributed by atoms with van der Waals surface area (Å²) >= 11 is 0. The average molecular weight is 473 g/mol. The highest BCUT2D eigenvalue weighted by Crippen LogP contribution is 2.24. The van der Waals surface area contributed by atoms with Crippen molar-refractivity contribution >= 4 is 29.0 Å². The first-order valence-electron chi connectivity index (χ1n) is 10.5. The molecule has 0 bridgehead atoms. The van der Waals surface area contributed by atoms with Gasteiger partial charge in [0.2, 0.25) is 5.95 Å². The van der Waals surface area contributed by atoms with Crippen LogP contribution < -0.4 is 20.3 Å². The number of nitrogens with one attached hydrogen (secondary N) is 2. The second kappa shape index (κ2) is 9.96. The fraction of sp³-hybridized carbons (Fsp3) is 0.261. The first-order chi connectivity index (χ1) is 16.2. The molecule has 178 valence electrons. The summed E-state index contributed by atoms with van der Waals surface area (Å²) in [5, 5.41) is 5.86. The summed E-state index contributed by atoms with van der Waals surface area (Å²) in [6, 6.07) is 13.5. The molecule has 2 aromatic carbocycles. The maximum Gasteiger partial charge on any atom is 0.573 e. The number of aryl methyl sites for hydroxylation is 1. The summed E-state index contributed by atoms with van der Waals surface area (Å²) < 4.78 is 46.0. The van der Waals surface area contributed by atoms with Gasteiger partial charge in [0.1, 0.15) is 11.6 Å². The quantitative estimate of drug-likeness (QED) is 0.544. The molecule has 0 unspecified atom stereocenters. The van der Waals surface area contributed by atoms with Crippen molar-refractivity contribution in [2.24, 2.45) is 0 Å². The number of aromatic nitrogens is 2. The van der Waals surface area contributed by atoms with Gasteiger partial charge in [0.05, 0.1) is 13.2 Å². The maximum atomic E-state index is 12.4. The highest BCUT2D eigenvalue weighted by molar-refractivity contribution is 6.04. The van der Waals surface area contributed by atoms with Gasteiger partial charge in [0.25, 0.3) is 5.91 Å². The first-order valence-corrected chi connectivity index (χ1v) is 10.5. The molecule has 1 aliphatic rings. The van der Waals surface area contributed by atoms with Crippen LogP contribution in [-0.2, 0) is 4.74 Å². The summed E-state index contributed by atoms with van der Waals surface area (Å²) in [4.78, 5) is 23.6. The van der Waals surface area contributed by atoms with Crippen molar-refractivity contribution in [2.75, 3.05) is 41.8 Å². The molecule has 1 aliphatic heterocycles. The molecule has 2 N–H and O–H groups in total. The standard InChI is InChI=1S/C23H22F3N5O3/c1-15-14-20(31-10-12-33-13-11-31)30-22(27-15)29-18-6-4-17(5-7-18)28-21(32)16-2-8-19(9-3-16)34-23(24,25)26/h2-9,14H,10-13H2,1H3,(H,28,32)(H,27,29,30). The first kappa shape index (κ1) is 23.3. The number of nitrogens with zero attached hydrogens (tertiary/aromatic N) is 3. The number of hydrogen-bond acceptors (Lipinski definition) is 7. The molecule has 34 heavy (non-hydrogen) atoms. The lowest BCUT2D eigenvalue weighted by Crippen LogP contribution is -2.36. The minimum Gasteiger partial charge on any atom is -0.406 e. The number of alkyl halides is 3. The number of carbonyl (C=O) groups excluding carboxylic acids is 1. The molecular formula is C23H22F3N5O3. The second-order valence-corrected chi connectivity index (χ2v) is 7.52. The minimum atomic E-state index is -4.78. The number of hydrogen-bond donors (Lipinski definition) is 2. The number of morpholine rings is 1. The predicted molar refractivity (Wildman–Crippen MR) is 121 cm³/mol. The van der Waals surface area contributed by atoms with E-state index in [1.54, 1.807) is 24.3 Å². The fourth-order valence-electron chi connectivity index (χ4n) is 3.34. The molecule has 0 radical (unpaired) electrons. The van der Waals surface area contributed by atoms with Crippen LogP contribution in [0, 0.1) is 6.92 Å². The van der Waals surface area contributed by atoms with Crippen LogP contribution in [0.15, 0.2) is 54.6 Å². The summed E-state index contributed by atoms with van der Waals surface area (Å²) in [6.45, 7) is 4.75. The number of carbonyl (C=O) groups is 1. The maximum absolute atomic E-state index is 12.4. The Morgan fingerprint density at radius 2 is 1.65 bits per heavy atom. The van der Waals surface area contributed by atoms with E-state index in [4.69, 9.17) is 4.74 Å². The van der Waals surface area contributed by atoms with Gasteiger partial charge >= 0.3 is 6.36 Å². The Hall–Kier alpha value is -3.86. The molecule has 1 amide bonds. The molecule has 0 atom stereocenters. The molecule has 2 heterocycles. The lowest BCUT2D eigenvalue weighted by atomic mass is 10.2. The van der Waals surface area contributed by atoms with Crippen LogP contribution >= 0.6 is 0 Å². The number of benzene rings is 2. The van der Waals surface area contributed by atoms with Gasteiger partial charge in [0, 0.05) is 41.8 Å². The van der Waals surface area contributed by atoms with Crippen molar-refractivity contribution in [1.29, 1.82) is 0 Å². The zero-order valence-corrected chi connectivity index (χ0v) is 18.2. The molecule has 0 saturated carbocycles. The Kier molecular flexibility index (Phi) is 6.82. The van der Waals surface area contributed by atoms with E-state index in [9.17, 15) is 18.0 Å². The predicted octanol–water partition coefficient (Wildman–Crippen LogP) is 4.52. The van der Waals surface area contributed by atoms with E-state index in [0.717, 1.165) is 42.4 Å². The van der Waals surface area contributed by atoms with Gasteiger partial charge in [-0.1, -0.05) is 0 Å². The lowest BCUT2D eigenvalue weighted by molar-refractivity contribution is -0.274. The Morgan fingerprint density at radius 3 is 2.29 bits per heavy atom. The highest BCUT2D eigenvalue weighted by atomic mass is 19.4. The number of ether oxygens (including phenoxy) is 2. The van der Waals surface area contributed by atoms with Crippen molar-refractivity contribution in [3.8, 4) is 5.75 Å². The van der Waals surface area contributed by atoms with Crippen LogP contribution in [0.1, 0.15) is 16.1 Å². The Labute approximate surface area is 193 Å². The second-order valence-electron chi connectivity index (χ2n) is 7.52. The van der Waals surface area contributed by atoms with E-state index < -0.39 is 18.0 Å². The Bertz CT molecular complexity index is 1130. The van der Waals surface area contributed by atoms with Gasteiger partial charge in [0.15, 0.2) is 0 Å². The summed E-state index contributed by atoms with van der Waals surface area (Å²) in [5.41, 5.74) is 2.27. The number of anilines is 4. The van der Waals surface area contributed by atoms with Crippen molar-refractivity contribution in [2.45, 2.75) is 13.3 Å². The highest BCUT2D eigenvalue weighted by Gasteiger charge is 2.31. The molecule has 0 spiro atoms. The van der Waals surface area contributed by atoms with Crippen molar-refractivity contribution < 1.29 is 27.4 Å². The lowest BCUT2D eigenvalue weighted by Gasteiger charge is -2.28. The fourth-order valence-corrected chi connectivity index (χ4v) is 3.34. The van der Waals surface area contributed by atoms with Gasteiger partial charge in [-0.05, 0) is 55.5 Å². The largest absolute Gasteiger partial charge is 0.573 e. The minimum absolute atomic E-state index is 0.195. The Balaban J connectivity index is 1.38. The SMILES string of the molecule is Cc1cc(N2CCOCC2)nc(Nc2ccc(NC(=O)c3ccc(OC(F)(F)F)cc3)cc2)n1. The number of amides is 1. The van der Waals surface area contributed by atoms with Gasteiger partial charge in [-0.3, -0.25) is 4.79 Å². The summed E-state index contributed by atoms with van der Waals surface area (Å²) in [6.07, 6.45) is -4.78. The van der Waals surface area contributed by atoms with E-state index in [-0.39, 0.29) is 5.56 Å². The summed E-state index contributed by atoms with van der Waals surface area (Å²) in [5.74, 6) is 0.430. The van der Waals surface area contributed by atoms with Crippen molar-refractivity contribution in [3.05, 3.63) is 65.9 Å². The van der Waals surface area contributed by atoms with Crippen LogP contribution in [0.5, 0.6) is 5.75 Å². The third-order valence-electron chi connectivity index (χ3n) is 4.92. The monoisotopic (exact) mass is 473 g/mol. The zero-order valence-electron chi connectivity index (χ0n) is 18.2. The average Bonchev–Trinajstić information content (AvgIpc) is 2.80. The van der Waals surface area contributed by atoms with Crippen molar-refractivity contribution in [3.63, 3.8) is 0 Å². The Morgan fingerprint density at radius 1 is 1.00 bits per heavy atom. The molecule has 0 aliphatic carbocycles.